The molecule has 0 aliphatic carbocycles. The van der Waals surface area contributed by atoms with Crippen LogP contribution in [0.1, 0.15) is 58.1 Å². The maximum Gasteiger partial charge on any atom is 0.261 e. The van der Waals surface area contributed by atoms with E-state index in [1.54, 1.807) is 14.0 Å². The fourth-order valence-electron chi connectivity index (χ4n) is 2.87. The molecule has 1 amide bonds. The van der Waals surface area contributed by atoms with Gasteiger partial charge in [-0.25, -0.2) is 0 Å². The average molecular weight is 414 g/mol. The molecule has 1 N–H and O–H groups in total. The smallest absolute Gasteiger partial charge is 0.261 e. The third-order valence-electron chi connectivity index (χ3n) is 4.88. The van der Waals surface area contributed by atoms with Crippen molar-refractivity contribution in [3.8, 4) is 17.2 Å². The van der Waals surface area contributed by atoms with Crippen molar-refractivity contribution >= 4 is 5.91 Å². The maximum absolute atomic E-state index is 12.4. The second-order valence-electron chi connectivity index (χ2n) is 8.22. The summed E-state index contributed by atoms with van der Waals surface area (Å²) >= 11 is 0. The van der Waals surface area contributed by atoms with Crippen LogP contribution >= 0.6 is 0 Å². The maximum atomic E-state index is 12.4. The topological polar surface area (TPSA) is 56.8 Å². The highest BCUT2D eigenvalue weighted by atomic mass is 16.5. The molecule has 1 unspecified atom stereocenters. The number of nitrogens with one attached hydrogen (secondary N) is 1. The Morgan fingerprint density at radius 3 is 2.27 bits per heavy atom. The van der Waals surface area contributed by atoms with E-state index in [0.717, 1.165) is 17.7 Å². The number of rotatable bonds is 11. The molecule has 0 saturated carbocycles. The van der Waals surface area contributed by atoms with E-state index in [-0.39, 0.29) is 5.91 Å². The van der Waals surface area contributed by atoms with Gasteiger partial charge < -0.3 is 19.5 Å². The van der Waals surface area contributed by atoms with Crippen molar-refractivity contribution in [3.05, 3.63) is 53.6 Å². The highest BCUT2D eigenvalue weighted by Gasteiger charge is 2.15. The number of methoxy groups -OCH3 is 1. The van der Waals surface area contributed by atoms with Crippen LogP contribution in [0.15, 0.2) is 42.5 Å². The predicted octanol–water partition coefficient (Wildman–Crippen LogP) is 5.33. The summed E-state index contributed by atoms with van der Waals surface area (Å²) < 4.78 is 17.0. The predicted molar refractivity (Wildman–Crippen MR) is 120 cm³/mol. The molecule has 1 atom stereocenters. The molecular weight excluding hydrogens is 378 g/mol. The summed E-state index contributed by atoms with van der Waals surface area (Å²) in [4.78, 5) is 12.4. The molecule has 2 aromatic rings. The second kappa shape index (κ2) is 11.5. The van der Waals surface area contributed by atoms with E-state index < -0.39 is 6.10 Å². The highest BCUT2D eigenvalue weighted by Crippen LogP contribution is 2.28. The van der Waals surface area contributed by atoms with E-state index in [0.29, 0.717) is 36.5 Å². The number of carbonyl (C=O) groups excluding carboxylic acids is 1. The number of benzene rings is 2. The Labute approximate surface area is 180 Å². The molecule has 0 bridgehead atoms. The molecule has 2 aromatic carbocycles. The number of hydrogen-bond donors (Lipinski definition) is 1. The Balaban J connectivity index is 1.88. The Hall–Kier alpha value is -2.69. The Morgan fingerprint density at radius 1 is 0.967 bits per heavy atom. The fourth-order valence-corrected chi connectivity index (χ4v) is 2.87. The Morgan fingerprint density at radius 2 is 1.67 bits per heavy atom. The molecular formula is C25H35NO4. The third-order valence-corrected chi connectivity index (χ3v) is 4.88. The van der Waals surface area contributed by atoms with Gasteiger partial charge in [0.15, 0.2) is 17.6 Å². The lowest BCUT2D eigenvalue weighted by Crippen LogP contribution is -2.35. The summed E-state index contributed by atoms with van der Waals surface area (Å²) in [5.74, 6) is 2.95. The zero-order valence-electron chi connectivity index (χ0n) is 19.0. The van der Waals surface area contributed by atoms with Crippen molar-refractivity contribution in [1.29, 1.82) is 0 Å². The third kappa shape index (κ3) is 7.29. The highest BCUT2D eigenvalue weighted by molar-refractivity contribution is 5.80. The SMILES string of the molecule is COc1cc(CNC(=O)C(C)Oc2ccc(C(C)C)cc2)ccc1OCCC(C)C. The van der Waals surface area contributed by atoms with Gasteiger partial charge in [0, 0.05) is 6.54 Å². The molecule has 0 aliphatic rings. The molecule has 2 rings (SSSR count). The van der Waals surface area contributed by atoms with Crippen molar-refractivity contribution in [1.82, 2.24) is 5.32 Å². The number of carbonyl (C=O) groups is 1. The summed E-state index contributed by atoms with van der Waals surface area (Å²) in [6, 6.07) is 13.6. The van der Waals surface area contributed by atoms with Crippen LogP contribution in [0.4, 0.5) is 0 Å². The van der Waals surface area contributed by atoms with Crippen LogP contribution in [0.3, 0.4) is 0 Å². The molecule has 0 heterocycles. The molecule has 30 heavy (non-hydrogen) atoms. The lowest BCUT2D eigenvalue weighted by atomic mass is 10.0. The van der Waals surface area contributed by atoms with Gasteiger partial charge in [-0.3, -0.25) is 4.79 Å². The number of ether oxygens (including phenoxy) is 3. The molecule has 0 fully saturated rings. The quantitative estimate of drug-likeness (QED) is 0.541. The zero-order chi connectivity index (χ0) is 22.1. The molecule has 5 nitrogen and oxygen atoms in total. The minimum atomic E-state index is -0.588. The second-order valence-corrected chi connectivity index (χ2v) is 8.22. The summed E-state index contributed by atoms with van der Waals surface area (Å²) in [5.41, 5.74) is 2.18. The first-order chi connectivity index (χ1) is 14.3. The summed E-state index contributed by atoms with van der Waals surface area (Å²) in [5, 5.41) is 2.92. The van der Waals surface area contributed by atoms with Gasteiger partial charge >= 0.3 is 0 Å². The normalized spacial score (nSPS) is 12.0. The molecule has 0 aliphatic heterocycles. The van der Waals surface area contributed by atoms with E-state index in [1.807, 2.05) is 42.5 Å². The molecule has 5 heteroatoms. The monoisotopic (exact) mass is 413 g/mol. The van der Waals surface area contributed by atoms with Crippen molar-refractivity contribution in [2.24, 2.45) is 5.92 Å². The van der Waals surface area contributed by atoms with Crippen molar-refractivity contribution in [2.45, 2.75) is 59.6 Å². The van der Waals surface area contributed by atoms with Crippen molar-refractivity contribution in [2.75, 3.05) is 13.7 Å². The molecule has 0 spiro atoms. The molecule has 0 saturated heterocycles. The Kier molecular flexibility index (Phi) is 9.03. The fraction of sp³-hybridized carbons (Fsp3) is 0.480. The van der Waals surface area contributed by atoms with E-state index in [2.05, 4.69) is 33.0 Å². The van der Waals surface area contributed by atoms with Crippen LogP contribution in [0, 0.1) is 5.92 Å². The van der Waals surface area contributed by atoms with Crippen molar-refractivity contribution in [3.63, 3.8) is 0 Å². The number of hydrogen-bond acceptors (Lipinski definition) is 4. The van der Waals surface area contributed by atoms with Crippen molar-refractivity contribution < 1.29 is 19.0 Å². The minimum absolute atomic E-state index is 0.167. The van der Waals surface area contributed by atoms with E-state index in [4.69, 9.17) is 14.2 Å². The van der Waals surface area contributed by atoms with Gasteiger partial charge in [-0.15, -0.1) is 0 Å². The van der Waals surface area contributed by atoms with Crippen LogP contribution in [0.5, 0.6) is 17.2 Å². The van der Waals surface area contributed by atoms with Crippen LogP contribution < -0.4 is 19.5 Å². The molecule has 0 aromatic heterocycles. The summed E-state index contributed by atoms with van der Waals surface area (Å²) in [7, 11) is 1.62. The van der Waals surface area contributed by atoms with Crippen LogP contribution in [-0.2, 0) is 11.3 Å². The lowest BCUT2D eigenvalue weighted by molar-refractivity contribution is -0.127. The van der Waals surface area contributed by atoms with E-state index in [9.17, 15) is 4.79 Å². The van der Waals surface area contributed by atoms with Gasteiger partial charge in [-0.05, 0) is 60.6 Å². The van der Waals surface area contributed by atoms with Gasteiger partial charge in [0.05, 0.1) is 13.7 Å². The van der Waals surface area contributed by atoms with Gasteiger partial charge in [-0.1, -0.05) is 45.9 Å². The largest absolute Gasteiger partial charge is 0.493 e. The Bertz CT molecular complexity index is 799. The van der Waals surface area contributed by atoms with Crippen LogP contribution in [-0.4, -0.2) is 25.7 Å². The standard InChI is InChI=1S/C25H35NO4/c1-17(2)13-14-29-23-12-7-20(15-24(23)28-6)16-26-25(27)19(5)30-22-10-8-21(9-11-22)18(3)4/h7-12,15,17-19H,13-14,16H2,1-6H3,(H,26,27). The first-order valence-corrected chi connectivity index (χ1v) is 10.6. The summed E-state index contributed by atoms with van der Waals surface area (Å²) in [6.45, 7) is 11.4. The molecule has 0 radical (unpaired) electrons. The minimum Gasteiger partial charge on any atom is -0.493 e. The van der Waals surface area contributed by atoms with Gasteiger partial charge in [0.2, 0.25) is 0 Å². The molecule has 164 valence electrons. The first-order valence-electron chi connectivity index (χ1n) is 10.6. The van der Waals surface area contributed by atoms with Gasteiger partial charge in [-0.2, -0.15) is 0 Å². The van der Waals surface area contributed by atoms with E-state index >= 15 is 0 Å². The summed E-state index contributed by atoms with van der Waals surface area (Å²) in [6.07, 6.45) is 0.398. The lowest BCUT2D eigenvalue weighted by Gasteiger charge is -2.16. The van der Waals surface area contributed by atoms with E-state index in [1.165, 1.54) is 5.56 Å². The number of amides is 1. The van der Waals surface area contributed by atoms with Crippen LogP contribution in [0.25, 0.3) is 0 Å². The van der Waals surface area contributed by atoms with Crippen LogP contribution in [0.2, 0.25) is 0 Å². The van der Waals surface area contributed by atoms with Gasteiger partial charge in [0.1, 0.15) is 5.75 Å². The average Bonchev–Trinajstić information content (AvgIpc) is 2.72. The first kappa shape index (κ1) is 23.6. The van der Waals surface area contributed by atoms with Gasteiger partial charge in [0.25, 0.3) is 5.91 Å². The zero-order valence-corrected chi connectivity index (χ0v) is 19.0.